The highest BCUT2D eigenvalue weighted by molar-refractivity contribution is 5.69. The Morgan fingerprint density at radius 2 is 1.61 bits per heavy atom. The van der Waals surface area contributed by atoms with Crippen molar-refractivity contribution in [3.63, 3.8) is 0 Å². The van der Waals surface area contributed by atoms with Gasteiger partial charge in [-0.3, -0.25) is 0 Å². The van der Waals surface area contributed by atoms with Gasteiger partial charge in [-0.15, -0.1) is 0 Å². The standard InChI is InChI=1S/C21H23F3N2O2/c1-9(2)25-15-6-3-10(21(22,23)24)7-16(15)26-19(27)17-11-4-5-12(14-8-13(11)14)18(17)20(26)28/h3,6-7,9,11-14,25,27-28H,4-5,8H2,1-2H3. The largest absolute Gasteiger partial charge is 0.494 e. The van der Waals surface area contributed by atoms with Gasteiger partial charge in [0, 0.05) is 17.2 Å². The summed E-state index contributed by atoms with van der Waals surface area (Å²) in [5.41, 5.74) is 1.26. The number of aromatic nitrogens is 1. The Bertz CT molecular complexity index is 924. The minimum atomic E-state index is -4.51. The van der Waals surface area contributed by atoms with Crippen molar-refractivity contribution in [2.75, 3.05) is 5.32 Å². The van der Waals surface area contributed by atoms with Gasteiger partial charge in [0.2, 0.25) is 11.8 Å². The lowest BCUT2D eigenvalue weighted by molar-refractivity contribution is -0.137. The first kappa shape index (κ1) is 17.8. The number of hydrogen-bond acceptors (Lipinski definition) is 3. The third-order valence-electron chi connectivity index (χ3n) is 6.66. The van der Waals surface area contributed by atoms with E-state index in [2.05, 4.69) is 5.32 Å². The first-order valence-electron chi connectivity index (χ1n) is 9.83. The molecule has 3 N–H and O–H groups in total. The maximum absolute atomic E-state index is 13.3. The Balaban J connectivity index is 1.72. The maximum Gasteiger partial charge on any atom is 0.416 e. The molecule has 0 aliphatic heterocycles. The molecule has 4 atom stereocenters. The van der Waals surface area contributed by atoms with Crippen molar-refractivity contribution < 1.29 is 23.4 Å². The van der Waals surface area contributed by atoms with Gasteiger partial charge in [0.05, 0.1) is 16.9 Å². The van der Waals surface area contributed by atoms with Gasteiger partial charge in [-0.05, 0) is 75.0 Å². The molecular weight excluding hydrogens is 369 g/mol. The average molecular weight is 392 g/mol. The monoisotopic (exact) mass is 392 g/mol. The van der Waals surface area contributed by atoms with E-state index in [4.69, 9.17) is 0 Å². The van der Waals surface area contributed by atoms with E-state index in [1.165, 1.54) is 10.6 Å². The van der Waals surface area contributed by atoms with Crippen molar-refractivity contribution in [2.45, 2.75) is 57.2 Å². The highest BCUT2D eigenvalue weighted by atomic mass is 19.4. The van der Waals surface area contributed by atoms with Crippen molar-refractivity contribution in [1.29, 1.82) is 0 Å². The topological polar surface area (TPSA) is 57.4 Å². The van der Waals surface area contributed by atoms with E-state index >= 15 is 0 Å². The number of benzene rings is 1. The lowest BCUT2D eigenvalue weighted by Crippen LogP contribution is -2.22. The fraction of sp³-hybridized carbons (Fsp3) is 0.524. The minimum absolute atomic E-state index is 0.0196. The molecule has 4 unspecified atom stereocenters. The zero-order valence-electron chi connectivity index (χ0n) is 15.7. The van der Waals surface area contributed by atoms with Crippen LogP contribution in [0.5, 0.6) is 11.8 Å². The fourth-order valence-corrected chi connectivity index (χ4v) is 5.53. The third kappa shape index (κ3) is 2.37. The summed E-state index contributed by atoms with van der Waals surface area (Å²) in [4.78, 5) is 0. The highest BCUT2D eigenvalue weighted by Gasteiger charge is 2.59. The summed E-state index contributed by atoms with van der Waals surface area (Å²) in [5, 5.41) is 25.2. The van der Waals surface area contributed by atoms with Crippen LogP contribution < -0.4 is 5.32 Å². The van der Waals surface area contributed by atoms with E-state index in [1.54, 1.807) is 0 Å². The van der Waals surface area contributed by atoms with Crippen molar-refractivity contribution in [3.05, 3.63) is 34.9 Å². The molecule has 4 aliphatic carbocycles. The molecule has 1 heterocycles. The lowest BCUT2D eigenvalue weighted by atomic mass is 9.68. The van der Waals surface area contributed by atoms with Gasteiger partial charge >= 0.3 is 6.18 Å². The third-order valence-corrected chi connectivity index (χ3v) is 6.66. The summed E-state index contributed by atoms with van der Waals surface area (Å²) in [6.45, 7) is 3.77. The molecule has 1 aromatic heterocycles. The van der Waals surface area contributed by atoms with Gasteiger partial charge in [0.1, 0.15) is 0 Å². The van der Waals surface area contributed by atoms with Crippen molar-refractivity contribution in [1.82, 2.24) is 4.57 Å². The number of rotatable bonds is 3. The number of nitrogens with one attached hydrogen (secondary N) is 1. The van der Waals surface area contributed by atoms with Gasteiger partial charge in [-0.1, -0.05) is 0 Å². The van der Waals surface area contributed by atoms with Gasteiger partial charge in [0.15, 0.2) is 0 Å². The van der Waals surface area contributed by atoms with E-state index in [0.717, 1.165) is 42.5 Å². The summed E-state index contributed by atoms with van der Waals surface area (Å²) in [6, 6.07) is 3.36. The zero-order valence-corrected chi connectivity index (χ0v) is 15.7. The smallest absolute Gasteiger partial charge is 0.416 e. The molecule has 2 saturated carbocycles. The summed E-state index contributed by atoms with van der Waals surface area (Å²) in [5.74, 6) is 1.26. The van der Waals surface area contributed by atoms with Gasteiger partial charge in [0.25, 0.3) is 0 Å². The van der Waals surface area contributed by atoms with Crippen molar-refractivity contribution in [2.24, 2.45) is 11.8 Å². The maximum atomic E-state index is 13.3. The quantitative estimate of drug-likeness (QED) is 0.661. The predicted octanol–water partition coefficient (Wildman–Crippen LogP) is 5.34. The first-order chi connectivity index (χ1) is 13.2. The summed E-state index contributed by atoms with van der Waals surface area (Å²) >= 11 is 0. The first-order valence-corrected chi connectivity index (χ1v) is 9.83. The van der Waals surface area contributed by atoms with E-state index in [0.29, 0.717) is 17.5 Å². The highest BCUT2D eigenvalue weighted by Crippen LogP contribution is 2.70. The molecular formula is C21H23F3N2O2. The van der Waals surface area contributed by atoms with Crippen LogP contribution in [-0.2, 0) is 6.18 Å². The summed E-state index contributed by atoms with van der Waals surface area (Å²) in [6.07, 6.45) is -1.46. The molecule has 2 bridgehead atoms. The molecule has 0 spiro atoms. The average Bonchev–Trinajstić information content (AvgIpc) is 3.39. The van der Waals surface area contributed by atoms with Crippen molar-refractivity contribution >= 4 is 5.69 Å². The minimum Gasteiger partial charge on any atom is -0.494 e. The molecule has 1 aromatic carbocycles. The molecule has 0 saturated heterocycles. The molecule has 6 rings (SSSR count). The zero-order chi connectivity index (χ0) is 20.0. The number of halogens is 3. The second-order valence-corrected chi connectivity index (χ2v) is 8.69. The molecule has 7 heteroatoms. The number of fused-ring (bicyclic) bond motifs is 1. The van der Waals surface area contributed by atoms with Gasteiger partial charge in [-0.2, -0.15) is 13.2 Å². The number of alkyl halides is 3. The van der Waals surface area contributed by atoms with Crippen LogP contribution in [0, 0.1) is 11.8 Å². The van der Waals surface area contributed by atoms with Crippen LogP contribution in [0.15, 0.2) is 18.2 Å². The van der Waals surface area contributed by atoms with Crippen molar-refractivity contribution in [3.8, 4) is 17.4 Å². The van der Waals surface area contributed by atoms with Crippen LogP contribution in [0.2, 0.25) is 0 Å². The molecule has 0 radical (unpaired) electrons. The Morgan fingerprint density at radius 3 is 2.11 bits per heavy atom. The van der Waals surface area contributed by atoms with E-state index < -0.39 is 11.7 Å². The van der Waals surface area contributed by atoms with Crippen LogP contribution in [0.1, 0.15) is 61.6 Å². The molecule has 4 nitrogen and oxygen atoms in total. The Morgan fingerprint density at radius 1 is 1.04 bits per heavy atom. The predicted molar refractivity (Wildman–Crippen MR) is 99.2 cm³/mol. The van der Waals surface area contributed by atoms with Gasteiger partial charge < -0.3 is 15.5 Å². The molecule has 28 heavy (non-hydrogen) atoms. The van der Waals surface area contributed by atoms with Crippen LogP contribution >= 0.6 is 0 Å². The number of aromatic hydroxyl groups is 2. The Hall–Kier alpha value is -2.31. The molecule has 2 aromatic rings. The van der Waals surface area contributed by atoms with Crippen LogP contribution in [0.3, 0.4) is 0 Å². The van der Waals surface area contributed by atoms with Crippen LogP contribution in [0.4, 0.5) is 18.9 Å². The van der Waals surface area contributed by atoms with Crippen LogP contribution in [0.25, 0.3) is 5.69 Å². The SMILES string of the molecule is CC(C)Nc1ccc(C(F)(F)F)cc1-n1c(O)c2c(c1O)C1CCC2C2CC12. The Labute approximate surface area is 161 Å². The molecule has 150 valence electrons. The fourth-order valence-electron chi connectivity index (χ4n) is 5.53. The van der Waals surface area contributed by atoms with E-state index in [1.807, 2.05) is 13.8 Å². The van der Waals surface area contributed by atoms with E-state index in [-0.39, 0.29) is 35.3 Å². The second kappa shape index (κ2) is 5.61. The summed E-state index contributed by atoms with van der Waals surface area (Å²) in [7, 11) is 0. The Kier molecular flexibility index (Phi) is 3.56. The molecule has 0 amide bonds. The molecule has 2 fully saturated rings. The van der Waals surface area contributed by atoms with Gasteiger partial charge in [-0.25, -0.2) is 4.57 Å². The lowest BCUT2D eigenvalue weighted by Gasteiger charge is -2.35. The van der Waals surface area contributed by atoms with Crippen LogP contribution in [-0.4, -0.2) is 20.8 Å². The normalized spacial score (nSPS) is 27.6. The van der Waals surface area contributed by atoms with E-state index in [9.17, 15) is 23.4 Å². The number of anilines is 1. The molecule has 4 aliphatic rings. The number of hydrogen-bond donors (Lipinski definition) is 3. The second-order valence-electron chi connectivity index (χ2n) is 8.69. The summed E-state index contributed by atoms with van der Waals surface area (Å²) < 4.78 is 41.2. The number of nitrogens with zero attached hydrogens (tertiary/aromatic N) is 1.